The molecule has 2 aliphatic heterocycles. The fourth-order valence-corrected chi connectivity index (χ4v) is 4.40. The van der Waals surface area contributed by atoms with E-state index in [0.717, 1.165) is 29.7 Å². The molecule has 8 nitrogen and oxygen atoms in total. The molecule has 0 aromatic heterocycles. The molecule has 0 bridgehead atoms. The quantitative estimate of drug-likeness (QED) is 0.736. The molecule has 156 valence electrons. The van der Waals surface area contributed by atoms with Crippen molar-refractivity contribution in [3.05, 3.63) is 23.8 Å². The number of fused-ring (bicyclic) bond motifs is 1. The van der Waals surface area contributed by atoms with E-state index in [4.69, 9.17) is 9.47 Å². The topological polar surface area (TPSA) is 97.0 Å². The SMILES string of the molecule is C[C@@H]1CCCC[C@@H]1NC(=O)CN1C(=O)N[C@](C)(Cc2ccc3c(c2)OCO3)C1=O. The first kappa shape index (κ1) is 19.5. The second kappa shape index (κ2) is 7.57. The Labute approximate surface area is 169 Å². The largest absolute Gasteiger partial charge is 0.454 e. The minimum absolute atomic E-state index is 0.108. The normalized spacial score (nSPS) is 28.4. The molecule has 2 fully saturated rings. The van der Waals surface area contributed by atoms with Crippen molar-refractivity contribution in [2.75, 3.05) is 13.3 Å². The van der Waals surface area contributed by atoms with Crippen molar-refractivity contribution in [2.24, 2.45) is 5.92 Å². The number of nitrogens with one attached hydrogen (secondary N) is 2. The van der Waals surface area contributed by atoms with Crippen molar-refractivity contribution in [2.45, 2.75) is 57.5 Å². The lowest BCUT2D eigenvalue weighted by Crippen LogP contribution is -2.48. The van der Waals surface area contributed by atoms with Crippen molar-refractivity contribution >= 4 is 17.8 Å². The fourth-order valence-electron chi connectivity index (χ4n) is 4.40. The molecular weight excluding hydrogens is 374 g/mol. The lowest BCUT2D eigenvalue weighted by Gasteiger charge is -2.30. The first-order valence-corrected chi connectivity index (χ1v) is 10.2. The van der Waals surface area contributed by atoms with Crippen molar-refractivity contribution in [3.63, 3.8) is 0 Å². The Balaban J connectivity index is 1.40. The van der Waals surface area contributed by atoms with E-state index >= 15 is 0 Å². The molecule has 1 saturated heterocycles. The van der Waals surface area contributed by atoms with Crippen LogP contribution in [0.3, 0.4) is 0 Å². The highest BCUT2D eigenvalue weighted by Gasteiger charge is 2.48. The van der Waals surface area contributed by atoms with E-state index < -0.39 is 17.5 Å². The van der Waals surface area contributed by atoms with E-state index in [1.54, 1.807) is 13.0 Å². The lowest BCUT2D eigenvalue weighted by molar-refractivity contribution is -0.134. The predicted molar refractivity (Wildman–Crippen MR) is 104 cm³/mol. The van der Waals surface area contributed by atoms with Gasteiger partial charge in [-0.3, -0.25) is 14.5 Å². The monoisotopic (exact) mass is 401 g/mol. The van der Waals surface area contributed by atoms with Gasteiger partial charge in [-0.05, 0) is 43.4 Å². The smallest absolute Gasteiger partial charge is 0.325 e. The molecule has 4 rings (SSSR count). The molecule has 2 heterocycles. The molecule has 1 aromatic carbocycles. The van der Waals surface area contributed by atoms with Gasteiger partial charge in [0.15, 0.2) is 11.5 Å². The first-order valence-electron chi connectivity index (χ1n) is 10.2. The van der Waals surface area contributed by atoms with E-state index in [-0.39, 0.29) is 25.3 Å². The van der Waals surface area contributed by atoms with E-state index in [1.807, 2.05) is 12.1 Å². The number of ether oxygens (including phenoxy) is 2. The molecule has 4 amide bonds. The molecule has 29 heavy (non-hydrogen) atoms. The van der Waals surface area contributed by atoms with Crippen LogP contribution in [0.4, 0.5) is 4.79 Å². The predicted octanol–water partition coefficient (Wildman–Crippen LogP) is 1.96. The average molecular weight is 401 g/mol. The van der Waals surface area contributed by atoms with Crippen LogP contribution in [0.25, 0.3) is 0 Å². The van der Waals surface area contributed by atoms with Crippen LogP contribution in [0.15, 0.2) is 18.2 Å². The van der Waals surface area contributed by atoms with E-state index in [0.29, 0.717) is 23.8 Å². The van der Waals surface area contributed by atoms with Gasteiger partial charge in [0.2, 0.25) is 12.7 Å². The van der Waals surface area contributed by atoms with E-state index in [2.05, 4.69) is 17.6 Å². The number of hydrogen-bond donors (Lipinski definition) is 2. The van der Waals surface area contributed by atoms with Gasteiger partial charge in [0, 0.05) is 12.5 Å². The van der Waals surface area contributed by atoms with Gasteiger partial charge in [0.1, 0.15) is 12.1 Å². The van der Waals surface area contributed by atoms with Gasteiger partial charge in [-0.1, -0.05) is 25.8 Å². The van der Waals surface area contributed by atoms with Crippen LogP contribution >= 0.6 is 0 Å². The van der Waals surface area contributed by atoms with Crippen molar-refractivity contribution < 1.29 is 23.9 Å². The highest BCUT2D eigenvalue weighted by atomic mass is 16.7. The average Bonchev–Trinajstić information content (AvgIpc) is 3.22. The number of carbonyl (C=O) groups is 3. The van der Waals surface area contributed by atoms with Crippen LogP contribution in [-0.2, 0) is 16.0 Å². The Bertz CT molecular complexity index is 842. The summed E-state index contributed by atoms with van der Waals surface area (Å²) >= 11 is 0. The third-order valence-electron chi connectivity index (χ3n) is 6.10. The summed E-state index contributed by atoms with van der Waals surface area (Å²) in [5.74, 6) is 1.01. The number of nitrogens with zero attached hydrogens (tertiary/aromatic N) is 1. The number of urea groups is 1. The van der Waals surface area contributed by atoms with E-state index in [9.17, 15) is 14.4 Å². The van der Waals surface area contributed by atoms with Crippen molar-refractivity contribution in [1.29, 1.82) is 0 Å². The maximum Gasteiger partial charge on any atom is 0.325 e. The molecule has 3 atom stereocenters. The second-order valence-electron chi connectivity index (χ2n) is 8.45. The summed E-state index contributed by atoms with van der Waals surface area (Å²) in [4.78, 5) is 38.9. The lowest BCUT2D eigenvalue weighted by atomic mass is 9.86. The van der Waals surface area contributed by atoms with Gasteiger partial charge < -0.3 is 20.1 Å². The van der Waals surface area contributed by atoms with Gasteiger partial charge in [-0.25, -0.2) is 4.79 Å². The maximum atomic E-state index is 13.0. The highest BCUT2D eigenvalue weighted by molar-refractivity contribution is 6.09. The zero-order valence-corrected chi connectivity index (χ0v) is 16.8. The molecule has 0 unspecified atom stereocenters. The van der Waals surface area contributed by atoms with Crippen LogP contribution in [0, 0.1) is 5.92 Å². The first-order chi connectivity index (χ1) is 13.9. The number of imide groups is 1. The van der Waals surface area contributed by atoms with Crippen LogP contribution in [0.5, 0.6) is 11.5 Å². The maximum absolute atomic E-state index is 13.0. The third-order valence-corrected chi connectivity index (χ3v) is 6.10. The molecule has 8 heteroatoms. The Kier molecular flexibility index (Phi) is 5.10. The molecule has 1 saturated carbocycles. The van der Waals surface area contributed by atoms with E-state index in [1.165, 1.54) is 6.42 Å². The number of hydrogen-bond acceptors (Lipinski definition) is 5. The molecule has 3 aliphatic rings. The molecule has 2 N–H and O–H groups in total. The summed E-state index contributed by atoms with van der Waals surface area (Å²) in [5, 5.41) is 5.75. The molecule has 1 aliphatic carbocycles. The minimum atomic E-state index is -1.11. The summed E-state index contributed by atoms with van der Waals surface area (Å²) < 4.78 is 10.7. The van der Waals surface area contributed by atoms with Gasteiger partial charge >= 0.3 is 6.03 Å². The summed E-state index contributed by atoms with van der Waals surface area (Å²) in [6, 6.07) is 5.02. The number of benzene rings is 1. The summed E-state index contributed by atoms with van der Waals surface area (Å²) in [5.41, 5.74) is -0.267. The van der Waals surface area contributed by atoms with Crippen LogP contribution in [0.2, 0.25) is 0 Å². The third kappa shape index (κ3) is 3.88. The summed E-state index contributed by atoms with van der Waals surface area (Å²) in [6.07, 6.45) is 4.59. The zero-order valence-electron chi connectivity index (χ0n) is 16.8. The molecule has 0 radical (unpaired) electrons. The van der Waals surface area contributed by atoms with Crippen LogP contribution in [0.1, 0.15) is 45.1 Å². The number of rotatable bonds is 5. The zero-order chi connectivity index (χ0) is 20.6. The van der Waals surface area contributed by atoms with Gasteiger partial charge in [-0.15, -0.1) is 0 Å². The van der Waals surface area contributed by atoms with Gasteiger partial charge in [0.05, 0.1) is 0 Å². The number of amides is 4. The standard InChI is InChI=1S/C21H27N3O5/c1-13-5-3-4-6-15(13)22-18(25)11-24-19(26)21(2,23-20(24)27)10-14-7-8-16-17(9-14)29-12-28-16/h7-9,13,15H,3-6,10-12H2,1-2H3,(H,22,25)(H,23,27)/t13-,15+,21-/m1/s1. The highest BCUT2D eigenvalue weighted by Crippen LogP contribution is 2.34. The Hall–Kier alpha value is -2.77. The Morgan fingerprint density at radius 3 is 2.79 bits per heavy atom. The van der Waals surface area contributed by atoms with Crippen molar-refractivity contribution in [1.82, 2.24) is 15.5 Å². The number of carbonyl (C=O) groups excluding carboxylic acids is 3. The Morgan fingerprint density at radius 2 is 2.00 bits per heavy atom. The molecule has 1 aromatic rings. The molecular formula is C21H27N3O5. The second-order valence-corrected chi connectivity index (χ2v) is 8.45. The Morgan fingerprint density at radius 1 is 1.24 bits per heavy atom. The summed E-state index contributed by atoms with van der Waals surface area (Å²) in [7, 11) is 0. The minimum Gasteiger partial charge on any atom is -0.454 e. The molecule has 0 spiro atoms. The van der Waals surface area contributed by atoms with Crippen molar-refractivity contribution in [3.8, 4) is 11.5 Å². The van der Waals surface area contributed by atoms with Gasteiger partial charge in [-0.2, -0.15) is 0 Å². The summed E-state index contributed by atoms with van der Waals surface area (Å²) in [6.45, 7) is 3.72. The van der Waals surface area contributed by atoms with Crippen LogP contribution in [-0.4, -0.2) is 47.7 Å². The van der Waals surface area contributed by atoms with Gasteiger partial charge in [0.25, 0.3) is 5.91 Å². The fraction of sp³-hybridized carbons (Fsp3) is 0.571. The van der Waals surface area contributed by atoms with Crippen LogP contribution < -0.4 is 20.1 Å².